The second kappa shape index (κ2) is 9.56. The van der Waals surface area contributed by atoms with E-state index in [1.54, 1.807) is 7.11 Å². The Balaban J connectivity index is 0.00000324. The number of rotatable bonds is 6. The number of nitrogens with two attached hydrogens (primary N) is 1. The van der Waals surface area contributed by atoms with Crippen molar-refractivity contribution in [1.82, 2.24) is 4.90 Å². The molecule has 2 N–H and O–H groups in total. The molecular formula is C14H29ClN2O2. The Bertz CT molecular complexity index is 254. The van der Waals surface area contributed by atoms with E-state index in [2.05, 4.69) is 13.8 Å². The average Bonchev–Trinajstić information content (AvgIpc) is 2.36. The maximum atomic E-state index is 12.3. The molecule has 1 aliphatic rings. The van der Waals surface area contributed by atoms with Crippen LogP contribution in [0.3, 0.4) is 0 Å². The van der Waals surface area contributed by atoms with Gasteiger partial charge >= 0.3 is 0 Å². The van der Waals surface area contributed by atoms with Crippen molar-refractivity contribution in [1.29, 1.82) is 0 Å². The van der Waals surface area contributed by atoms with Crippen LogP contribution in [-0.4, -0.2) is 44.2 Å². The van der Waals surface area contributed by atoms with Gasteiger partial charge in [0.1, 0.15) is 0 Å². The Morgan fingerprint density at radius 2 is 1.95 bits per heavy atom. The molecule has 1 unspecified atom stereocenters. The van der Waals surface area contributed by atoms with Crippen molar-refractivity contribution in [3.05, 3.63) is 0 Å². The Kier molecular flexibility index (Phi) is 9.40. The summed E-state index contributed by atoms with van der Waals surface area (Å²) in [6, 6.07) is 0. The third-order valence-corrected chi connectivity index (χ3v) is 3.72. The van der Waals surface area contributed by atoms with Crippen molar-refractivity contribution in [2.75, 3.05) is 33.4 Å². The number of hydrogen-bond acceptors (Lipinski definition) is 3. The summed E-state index contributed by atoms with van der Waals surface area (Å²) in [6.07, 6.45) is 3.00. The van der Waals surface area contributed by atoms with Gasteiger partial charge in [0.15, 0.2) is 0 Å². The highest BCUT2D eigenvalue weighted by molar-refractivity contribution is 5.85. The third-order valence-electron chi connectivity index (χ3n) is 3.72. The predicted octanol–water partition coefficient (Wildman–Crippen LogP) is 1.91. The van der Waals surface area contributed by atoms with Crippen LogP contribution in [-0.2, 0) is 9.53 Å². The highest BCUT2D eigenvalue weighted by Gasteiger charge is 2.27. The van der Waals surface area contributed by atoms with Gasteiger partial charge in [0.05, 0.1) is 5.92 Å². The normalized spacial score (nSPS) is 18.3. The quantitative estimate of drug-likeness (QED) is 0.814. The lowest BCUT2D eigenvalue weighted by Gasteiger charge is -2.34. The maximum absolute atomic E-state index is 12.3. The number of nitrogens with zero attached hydrogens (tertiary/aromatic N) is 1. The smallest absolute Gasteiger partial charge is 0.226 e. The van der Waals surface area contributed by atoms with E-state index in [9.17, 15) is 4.79 Å². The second-order valence-corrected chi connectivity index (χ2v) is 5.79. The van der Waals surface area contributed by atoms with E-state index in [0.717, 1.165) is 39.0 Å². The summed E-state index contributed by atoms with van der Waals surface area (Å²) in [4.78, 5) is 14.3. The van der Waals surface area contributed by atoms with Crippen LogP contribution in [0.1, 0.15) is 33.1 Å². The van der Waals surface area contributed by atoms with Gasteiger partial charge in [0.25, 0.3) is 0 Å². The van der Waals surface area contributed by atoms with E-state index < -0.39 is 0 Å². The first-order chi connectivity index (χ1) is 8.58. The molecule has 1 amide bonds. The van der Waals surface area contributed by atoms with Crippen LogP contribution in [0.2, 0.25) is 0 Å². The van der Waals surface area contributed by atoms with Crippen LogP contribution < -0.4 is 5.73 Å². The summed E-state index contributed by atoms with van der Waals surface area (Å²) >= 11 is 0. The molecule has 1 heterocycles. The molecule has 5 heteroatoms. The monoisotopic (exact) mass is 292 g/mol. The number of likely N-dealkylation sites (tertiary alicyclic amines) is 1. The van der Waals surface area contributed by atoms with E-state index in [0.29, 0.717) is 18.4 Å². The lowest BCUT2D eigenvalue weighted by Crippen LogP contribution is -2.44. The highest BCUT2D eigenvalue weighted by Crippen LogP contribution is 2.21. The van der Waals surface area contributed by atoms with Gasteiger partial charge in [0, 0.05) is 33.4 Å². The van der Waals surface area contributed by atoms with Gasteiger partial charge in [-0.2, -0.15) is 0 Å². The molecule has 1 atom stereocenters. The summed E-state index contributed by atoms with van der Waals surface area (Å²) in [5.74, 6) is 1.39. The molecule has 1 saturated heterocycles. The van der Waals surface area contributed by atoms with Crippen LogP contribution in [0.4, 0.5) is 0 Å². The second-order valence-electron chi connectivity index (χ2n) is 5.79. The molecule has 0 spiro atoms. The van der Waals surface area contributed by atoms with Crippen molar-refractivity contribution >= 4 is 18.3 Å². The van der Waals surface area contributed by atoms with E-state index in [4.69, 9.17) is 10.5 Å². The van der Waals surface area contributed by atoms with Crippen molar-refractivity contribution in [3.63, 3.8) is 0 Å². The largest absolute Gasteiger partial charge is 0.384 e. The van der Waals surface area contributed by atoms with Gasteiger partial charge in [-0.05, 0) is 31.1 Å². The zero-order chi connectivity index (χ0) is 13.5. The minimum atomic E-state index is 0. The van der Waals surface area contributed by atoms with Crippen molar-refractivity contribution in [3.8, 4) is 0 Å². The van der Waals surface area contributed by atoms with E-state index in [1.165, 1.54) is 0 Å². The van der Waals surface area contributed by atoms with E-state index >= 15 is 0 Å². The Labute approximate surface area is 123 Å². The molecular weight excluding hydrogens is 264 g/mol. The minimum Gasteiger partial charge on any atom is -0.384 e. The van der Waals surface area contributed by atoms with Crippen molar-refractivity contribution in [2.45, 2.75) is 33.1 Å². The van der Waals surface area contributed by atoms with Crippen LogP contribution in [0.5, 0.6) is 0 Å². The maximum Gasteiger partial charge on any atom is 0.226 e. The van der Waals surface area contributed by atoms with Gasteiger partial charge in [0.2, 0.25) is 5.91 Å². The Morgan fingerprint density at radius 1 is 1.37 bits per heavy atom. The van der Waals surface area contributed by atoms with Crippen molar-refractivity contribution in [2.24, 2.45) is 23.5 Å². The van der Waals surface area contributed by atoms with Crippen LogP contribution in [0.25, 0.3) is 0 Å². The van der Waals surface area contributed by atoms with E-state index in [1.807, 2.05) is 4.90 Å². The SMILES string of the molecule is COCC1CCN(C(=O)C(CN)CC(C)C)CC1.Cl. The number of piperidine rings is 1. The molecule has 0 bridgehead atoms. The van der Waals surface area contributed by atoms with Crippen molar-refractivity contribution < 1.29 is 9.53 Å². The predicted molar refractivity (Wildman–Crippen MR) is 80.4 cm³/mol. The number of carbonyl (C=O) groups excluding carboxylic acids is 1. The molecule has 1 fully saturated rings. The summed E-state index contributed by atoms with van der Waals surface area (Å²) < 4.78 is 5.17. The summed E-state index contributed by atoms with van der Waals surface area (Å²) in [6.45, 7) is 7.29. The zero-order valence-corrected chi connectivity index (χ0v) is 13.2. The lowest BCUT2D eigenvalue weighted by molar-refractivity contribution is -0.137. The Hall–Kier alpha value is -0.320. The molecule has 0 saturated carbocycles. The highest BCUT2D eigenvalue weighted by atomic mass is 35.5. The van der Waals surface area contributed by atoms with Gasteiger partial charge in [-0.15, -0.1) is 12.4 Å². The number of methoxy groups -OCH3 is 1. The zero-order valence-electron chi connectivity index (χ0n) is 12.4. The molecule has 0 aromatic heterocycles. The third kappa shape index (κ3) is 6.11. The first-order valence-electron chi connectivity index (χ1n) is 7.06. The topological polar surface area (TPSA) is 55.6 Å². The first kappa shape index (κ1) is 18.7. The van der Waals surface area contributed by atoms with Gasteiger partial charge in [-0.3, -0.25) is 4.79 Å². The first-order valence-corrected chi connectivity index (χ1v) is 7.06. The standard InChI is InChI=1S/C14H28N2O2.ClH/c1-11(2)8-13(9-15)14(17)16-6-4-12(5-7-16)10-18-3;/h11-13H,4-10,15H2,1-3H3;1H. The molecule has 1 aliphatic heterocycles. The van der Waals surface area contributed by atoms with Gasteiger partial charge in [-0.25, -0.2) is 0 Å². The molecule has 1 rings (SSSR count). The fourth-order valence-corrected chi connectivity index (χ4v) is 2.68. The number of carbonyl (C=O) groups is 1. The fourth-order valence-electron chi connectivity index (χ4n) is 2.68. The fraction of sp³-hybridized carbons (Fsp3) is 0.929. The number of hydrogen-bond donors (Lipinski definition) is 1. The van der Waals surface area contributed by atoms with Crippen LogP contribution in [0, 0.1) is 17.8 Å². The molecule has 0 radical (unpaired) electrons. The molecule has 19 heavy (non-hydrogen) atoms. The summed E-state index contributed by atoms with van der Waals surface area (Å²) in [5, 5.41) is 0. The average molecular weight is 293 g/mol. The molecule has 114 valence electrons. The minimum absolute atomic E-state index is 0. The van der Waals surface area contributed by atoms with Gasteiger partial charge in [-0.1, -0.05) is 13.8 Å². The number of amides is 1. The molecule has 4 nitrogen and oxygen atoms in total. The lowest BCUT2D eigenvalue weighted by atomic mass is 9.93. The summed E-state index contributed by atoms with van der Waals surface area (Å²) in [7, 11) is 1.74. The number of halogens is 1. The van der Waals surface area contributed by atoms with Gasteiger partial charge < -0.3 is 15.4 Å². The van der Waals surface area contributed by atoms with Crippen LogP contribution in [0.15, 0.2) is 0 Å². The Morgan fingerprint density at radius 3 is 2.37 bits per heavy atom. The van der Waals surface area contributed by atoms with E-state index in [-0.39, 0.29) is 24.2 Å². The molecule has 0 aromatic carbocycles. The summed E-state index contributed by atoms with van der Waals surface area (Å²) in [5.41, 5.74) is 5.74. The molecule has 0 aliphatic carbocycles. The molecule has 0 aromatic rings. The number of ether oxygens (including phenoxy) is 1. The van der Waals surface area contributed by atoms with Crippen LogP contribution >= 0.6 is 12.4 Å².